The van der Waals surface area contributed by atoms with Gasteiger partial charge < -0.3 is 25.4 Å². The van der Waals surface area contributed by atoms with Crippen molar-refractivity contribution >= 4 is 52.7 Å². The number of alkyl carbamates (subject to hydrolysis) is 1. The largest absolute Gasteiger partial charge is 0.444 e. The molecular formula is C27H37Cl2N5O3S. The van der Waals surface area contributed by atoms with Crippen molar-refractivity contribution in [1.29, 1.82) is 0 Å². The lowest BCUT2D eigenvalue weighted by atomic mass is 9.74. The van der Waals surface area contributed by atoms with Crippen molar-refractivity contribution in [2.24, 2.45) is 5.41 Å². The van der Waals surface area contributed by atoms with Crippen LogP contribution in [0, 0.1) is 12.3 Å². The number of benzene rings is 1. The second-order valence-electron chi connectivity index (χ2n) is 11.0. The molecule has 0 radical (unpaired) electrons. The van der Waals surface area contributed by atoms with Gasteiger partial charge in [0.05, 0.1) is 22.3 Å². The molecule has 2 aromatic rings. The molecule has 1 saturated heterocycles. The molecule has 38 heavy (non-hydrogen) atoms. The average molecular weight is 583 g/mol. The molecule has 1 aliphatic carbocycles. The number of aliphatic hydroxyl groups is 1. The molecule has 1 amide bonds. The van der Waals surface area contributed by atoms with Gasteiger partial charge in [0.15, 0.2) is 11.6 Å². The second-order valence-corrected chi connectivity index (χ2v) is 12.8. The van der Waals surface area contributed by atoms with Crippen LogP contribution in [0.3, 0.4) is 0 Å². The van der Waals surface area contributed by atoms with Gasteiger partial charge in [-0.3, -0.25) is 0 Å². The maximum absolute atomic E-state index is 12.5. The van der Waals surface area contributed by atoms with Gasteiger partial charge in [-0.25, -0.2) is 14.8 Å². The summed E-state index contributed by atoms with van der Waals surface area (Å²) in [5.41, 5.74) is 0.338. The predicted molar refractivity (Wildman–Crippen MR) is 154 cm³/mol. The number of piperidine rings is 1. The van der Waals surface area contributed by atoms with Crippen LogP contribution in [-0.4, -0.2) is 59.1 Å². The zero-order valence-electron chi connectivity index (χ0n) is 22.4. The standard InChI is InChI=1S/C27H37Cl2N5O3S/c1-17-24(38-19-8-5-7-18(28)21(19)29)33-22(30-13-16-35)23(31-17)34-14-11-27(12-15-34)10-6-9-20(27)32-25(36)37-26(2,3)4/h5,7-8,20,35H,6,9-16H2,1-4H3,(H,30,33)(H,32,36)/t20-/m1/s1. The Labute approximate surface area is 239 Å². The highest BCUT2D eigenvalue weighted by atomic mass is 35.5. The van der Waals surface area contributed by atoms with E-state index < -0.39 is 5.60 Å². The van der Waals surface area contributed by atoms with Crippen molar-refractivity contribution in [3.63, 3.8) is 0 Å². The molecule has 1 aromatic carbocycles. The summed E-state index contributed by atoms with van der Waals surface area (Å²) in [6.45, 7) is 9.56. The maximum Gasteiger partial charge on any atom is 0.407 e. The van der Waals surface area contributed by atoms with Crippen LogP contribution >= 0.6 is 35.0 Å². The summed E-state index contributed by atoms with van der Waals surface area (Å²) in [5, 5.41) is 17.6. The third-order valence-electron chi connectivity index (χ3n) is 7.19. The number of carbonyl (C=O) groups is 1. The van der Waals surface area contributed by atoms with Crippen LogP contribution in [0.15, 0.2) is 28.1 Å². The average Bonchev–Trinajstić information content (AvgIpc) is 3.22. The predicted octanol–water partition coefficient (Wildman–Crippen LogP) is 6.31. The Morgan fingerprint density at radius 2 is 1.97 bits per heavy atom. The van der Waals surface area contributed by atoms with Crippen LogP contribution in [0.1, 0.15) is 58.6 Å². The molecule has 1 aliphatic heterocycles. The van der Waals surface area contributed by atoms with Crippen LogP contribution in [0.5, 0.6) is 0 Å². The number of amides is 1. The number of anilines is 2. The lowest BCUT2D eigenvalue weighted by Crippen LogP contribution is -2.51. The smallest absolute Gasteiger partial charge is 0.407 e. The Morgan fingerprint density at radius 1 is 1.24 bits per heavy atom. The van der Waals surface area contributed by atoms with Gasteiger partial charge in [-0.15, -0.1) is 0 Å². The number of ether oxygens (including phenoxy) is 1. The molecule has 1 spiro atoms. The number of halogens is 2. The summed E-state index contributed by atoms with van der Waals surface area (Å²) in [6.07, 6.45) is 4.72. The van der Waals surface area contributed by atoms with Crippen LogP contribution in [0.25, 0.3) is 0 Å². The van der Waals surface area contributed by atoms with Crippen LogP contribution in [0.2, 0.25) is 10.0 Å². The molecule has 208 valence electrons. The molecule has 2 heterocycles. The normalized spacial score (nSPS) is 19.0. The van der Waals surface area contributed by atoms with E-state index in [0.29, 0.717) is 22.4 Å². The van der Waals surface area contributed by atoms with E-state index in [1.165, 1.54) is 11.8 Å². The highest BCUT2D eigenvalue weighted by Gasteiger charge is 2.46. The van der Waals surface area contributed by atoms with Crippen molar-refractivity contribution in [1.82, 2.24) is 15.3 Å². The molecule has 1 atom stereocenters. The lowest BCUT2D eigenvalue weighted by Gasteiger charge is -2.44. The minimum atomic E-state index is -0.518. The highest BCUT2D eigenvalue weighted by Crippen LogP contribution is 2.47. The van der Waals surface area contributed by atoms with Gasteiger partial charge >= 0.3 is 6.09 Å². The van der Waals surface area contributed by atoms with Crippen molar-refractivity contribution in [3.8, 4) is 0 Å². The highest BCUT2D eigenvalue weighted by molar-refractivity contribution is 7.99. The van der Waals surface area contributed by atoms with Crippen molar-refractivity contribution in [2.45, 2.75) is 81.4 Å². The van der Waals surface area contributed by atoms with Crippen LogP contribution < -0.4 is 15.5 Å². The monoisotopic (exact) mass is 581 g/mol. The number of nitrogens with one attached hydrogen (secondary N) is 2. The van der Waals surface area contributed by atoms with E-state index in [2.05, 4.69) is 15.5 Å². The zero-order valence-corrected chi connectivity index (χ0v) is 24.8. The van der Waals surface area contributed by atoms with E-state index in [0.717, 1.165) is 66.6 Å². The molecule has 0 bridgehead atoms. The first-order chi connectivity index (χ1) is 18.0. The molecule has 3 N–H and O–H groups in total. The SMILES string of the molecule is Cc1nc(N2CCC3(CCC[C@H]3NC(=O)OC(C)(C)C)CC2)c(NCCO)nc1Sc1cccc(Cl)c1Cl. The van der Waals surface area contributed by atoms with Gasteiger partial charge in [0.25, 0.3) is 0 Å². The summed E-state index contributed by atoms with van der Waals surface area (Å²) < 4.78 is 5.53. The molecule has 0 unspecified atom stereocenters. The first kappa shape index (κ1) is 29.1. The van der Waals surface area contributed by atoms with E-state index in [1.54, 1.807) is 6.07 Å². The number of aliphatic hydroxyl groups excluding tert-OH is 1. The summed E-state index contributed by atoms with van der Waals surface area (Å²) in [5.74, 6) is 1.41. The Hall–Kier alpha value is -1.94. The van der Waals surface area contributed by atoms with Gasteiger partial charge in [-0.1, -0.05) is 47.5 Å². The number of aryl methyl sites for hydroxylation is 1. The molecule has 2 aliphatic rings. The third-order valence-corrected chi connectivity index (χ3v) is 9.26. The van der Waals surface area contributed by atoms with E-state index >= 15 is 0 Å². The number of carbonyl (C=O) groups excluding carboxylic acids is 1. The minimum Gasteiger partial charge on any atom is -0.444 e. The Balaban J connectivity index is 1.51. The van der Waals surface area contributed by atoms with E-state index in [4.69, 9.17) is 37.9 Å². The van der Waals surface area contributed by atoms with Gasteiger partial charge in [0.2, 0.25) is 0 Å². The fourth-order valence-corrected chi connectivity index (χ4v) is 6.70. The molecular weight excluding hydrogens is 545 g/mol. The zero-order chi connectivity index (χ0) is 27.5. The van der Waals surface area contributed by atoms with Crippen LogP contribution in [0.4, 0.5) is 16.4 Å². The van der Waals surface area contributed by atoms with Crippen molar-refractivity contribution in [3.05, 3.63) is 33.9 Å². The number of rotatable bonds is 7. The van der Waals surface area contributed by atoms with E-state index in [-0.39, 0.29) is 24.2 Å². The Kier molecular flexibility index (Phi) is 9.22. The van der Waals surface area contributed by atoms with Gasteiger partial charge in [0, 0.05) is 30.6 Å². The van der Waals surface area contributed by atoms with Gasteiger partial charge in [-0.05, 0) is 70.9 Å². The minimum absolute atomic E-state index is 0.0152. The van der Waals surface area contributed by atoms with E-state index in [1.807, 2.05) is 39.8 Å². The molecule has 1 saturated carbocycles. The summed E-state index contributed by atoms with van der Waals surface area (Å²) in [6, 6.07) is 5.63. The lowest BCUT2D eigenvalue weighted by molar-refractivity contribution is 0.0442. The first-order valence-electron chi connectivity index (χ1n) is 13.1. The Morgan fingerprint density at radius 3 is 2.66 bits per heavy atom. The summed E-state index contributed by atoms with van der Waals surface area (Å²) >= 11 is 14.0. The maximum atomic E-state index is 12.5. The molecule has 8 nitrogen and oxygen atoms in total. The summed E-state index contributed by atoms with van der Waals surface area (Å²) in [4.78, 5) is 25.4. The topological polar surface area (TPSA) is 99.6 Å². The second kappa shape index (κ2) is 12.1. The molecule has 11 heteroatoms. The summed E-state index contributed by atoms with van der Waals surface area (Å²) in [7, 11) is 0. The number of hydrogen-bond acceptors (Lipinski definition) is 8. The fraction of sp³-hybridized carbons (Fsp3) is 0.593. The molecule has 2 fully saturated rings. The Bertz CT molecular complexity index is 1150. The quantitative estimate of drug-likeness (QED) is 0.349. The van der Waals surface area contributed by atoms with Crippen molar-refractivity contribution < 1.29 is 14.6 Å². The van der Waals surface area contributed by atoms with E-state index in [9.17, 15) is 9.90 Å². The fourth-order valence-electron chi connectivity index (χ4n) is 5.35. The number of nitrogens with zero attached hydrogens (tertiary/aromatic N) is 3. The first-order valence-corrected chi connectivity index (χ1v) is 14.7. The number of hydrogen-bond donors (Lipinski definition) is 3. The molecule has 1 aromatic heterocycles. The van der Waals surface area contributed by atoms with Crippen molar-refractivity contribution in [2.75, 3.05) is 36.5 Å². The number of aromatic nitrogens is 2. The third kappa shape index (κ3) is 6.79. The molecule has 4 rings (SSSR count). The van der Waals surface area contributed by atoms with Gasteiger partial charge in [-0.2, -0.15) is 0 Å². The van der Waals surface area contributed by atoms with Crippen LogP contribution in [-0.2, 0) is 4.74 Å². The van der Waals surface area contributed by atoms with Gasteiger partial charge in [0.1, 0.15) is 10.6 Å².